The zero-order chi connectivity index (χ0) is 20.9. The van der Waals surface area contributed by atoms with E-state index in [-0.39, 0.29) is 5.91 Å². The van der Waals surface area contributed by atoms with Gasteiger partial charge in [-0.05, 0) is 47.1 Å². The molecule has 4 aromatic rings. The number of nitrogens with zero attached hydrogens (tertiary/aromatic N) is 3. The largest absolute Gasteiger partial charge is 0.272 e. The van der Waals surface area contributed by atoms with E-state index >= 15 is 0 Å². The number of aromatic nitrogens is 2. The Bertz CT molecular complexity index is 1200. The standard InChI is InChI=1S/C24H19BrN4O/c1-17-11-13-18(14-12-17)23-19(16-29(28-23)20-7-3-2-4-8-20)15-26-27-24(30)21-9-5-6-10-22(21)25/h2-16H,1H3,(H,27,30)/b26-15-. The van der Waals surface area contributed by atoms with E-state index < -0.39 is 0 Å². The first-order valence-electron chi connectivity index (χ1n) is 9.42. The number of carbonyl (C=O) groups is 1. The van der Waals surface area contributed by atoms with Crippen LogP contribution < -0.4 is 5.43 Å². The van der Waals surface area contributed by atoms with Crippen molar-refractivity contribution in [3.63, 3.8) is 0 Å². The molecule has 0 aliphatic carbocycles. The summed E-state index contributed by atoms with van der Waals surface area (Å²) in [7, 11) is 0. The fraction of sp³-hybridized carbons (Fsp3) is 0.0417. The molecule has 0 fully saturated rings. The first kappa shape index (κ1) is 19.8. The Morgan fingerprint density at radius 3 is 2.43 bits per heavy atom. The molecule has 0 bridgehead atoms. The van der Waals surface area contributed by atoms with E-state index in [0.717, 1.165) is 27.0 Å². The van der Waals surface area contributed by atoms with Gasteiger partial charge in [0, 0.05) is 21.8 Å². The molecule has 6 heteroatoms. The van der Waals surface area contributed by atoms with Crippen molar-refractivity contribution in [2.75, 3.05) is 0 Å². The second-order valence-electron chi connectivity index (χ2n) is 6.76. The lowest BCUT2D eigenvalue weighted by atomic mass is 10.1. The zero-order valence-corrected chi connectivity index (χ0v) is 17.9. The van der Waals surface area contributed by atoms with Gasteiger partial charge >= 0.3 is 0 Å². The van der Waals surface area contributed by atoms with Gasteiger partial charge < -0.3 is 0 Å². The molecule has 4 rings (SSSR count). The number of para-hydroxylation sites is 1. The molecule has 0 saturated heterocycles. The number of aryl methyl sites for hydroxylation is 1. The summed E-state index contributed by atoms with van der Waals surface area (Å²) in [6, 6.07) is 25.3. The Labute approximate surface area is 183 Å². The maximum absolute atomic E-state index is 12.4. The van der Waals surface area contributed by atoms with Crippen LogP contribution in [-0.2, 0) is 0 Å². The van der Waals surface area contributed by atoms with Crippen LogP contribution in [0.25, 0.3) is 16.9 Å². The number of halogens is 1. The Balaban J connectivity index is 1.65. The highest BCUT2D eigenvalue weighted by Gasteiger charge is 2.12. The summed E-state index contributed by atoms with van der Waals surface area (Å²) in [4.78, 5) is 12.4. The molecule has 0 spiro atoms. The van der Waals surface area contributed by atoms with Crippen LogP contribution in [0.3, 0.4) is 0 Å². The van der Waals surface area contributed by atoms with Gasteiger partial charge in [-0.3, -0.25) is 4.79 Å². The molecular weight excluding hydrogens is 440 g/mol. The van der Waals surface area contributed by atoms with E-state index in [4.69, 9.17) is 5.10 Å². The minimum absolute atomic E-state index is 0.286. The molecule has 0 aliphatic heterocycles. The first-order chi connectivity index (χ1) is 14.6. The van der Waals surface area contributed by atoms with Gasteiger partial charge in [0.25, 0.3) is 5.91 Å². The molecule has 0 unspecified atom stereocenters. The summed E-state index contributed by atoms with van der Waals surface area (Å²) < 4.78 is 2.53. The third-order valence-electron chi connectivity index (χ3n) is 4.58. The van der Waals surface area contributed by atoms with Gasteiger partial charge in [-0.15, -0.1) is 0 Å². The molecule has 5 nitrogen and oxygen atoms in total. The second kappa shape index (κ2) is 8.88. The van der Waals surface area contributed by atoms with Crippen molar-refractivity contribution >= 4 is 28.1 Å². The molecule has 0 saturated carbocycles. The molecule has 1 heterocycles. The monoisotopic (exact) mass is 458 g/mol. The second-order valence-corrected chi connectivity index (χ2v) is 7.61. The highest BCUT2D eigenvalue weighted by molar-refractivity contribution is 9.10. The predicted molar refractivity (Wildman–Crippen MR) is 123 cm³/mol. The van der Waals surface area contributed by atoms with Crippen LogP contribution in [0.4, 0.5) is 0 Å². The molecule has 148 valence electrons. The van der Waals surface area contributed by atoms with Crippen LogP contribution in [0.5, 0.6) is 0 Å². The molecular formula is C24H19BrN4O. The molecule has 1 N–H and O–H groups in total. The maximum Gasteiger partial charge on any atom is 0.272 e. The van der Waals surface area contributed by atoms with Crippen molar-refractivity contribution in [1.29, 1.82) is 0 Å². The van der Waals surface area contributed by atoms with Crippen molar-refractivity contribution in [3.05, 3.63) is 106 Å². The van der Waals surface area contributed by atoms with Gasteiger partial charge in [0.15, 0.2) is 0 Å². The maximum atomic E-state index is 12.4. The molecule has 0 radical (unpaired) electrons. The summed E-state index contributed by atoms with van der Waals surface area (Å²) >= 11 is 3.38. The smallest absolute Gasteiger partial charge is 0.267 e. The minimum Gasteiger partial charge on any atom is -0.267 e. The van der Waals surface area contributed by atoms with E-state index in [1.807, 2.05) is 90.6 Å². The predicted octanol–water partition coefficient (Wildman–Crippen LogP) is 5.37. The normalized spacial score (nSPS) is 11.0. The number of hydrogen-bond donors (Lipinski definition) is 1. The summed E-state index contributed by atoms with van der Waals surface area (Å²) in [6.45, 7) is 2.05. The Kier molecular flexibility index (Phi) is 5.86. The third kappa shape index (κ3) is 4.39. The quantitative estimate of drug-likeness (QED) is 0.322. The Morgan fingerprint density at radius 1 is 1.00 bits per heavy atom. The summed E-state index contributed by atoms with van der Waals surface area (Å²) in [6.07, 6.45) is 3.52. The minimum atomic E-state index is -0.286. The summed E-state index contributed by atoms with van der Waals surface area (Å²) in [5, 5.41) is 8.93. The van der Waals surface area contributed by atoms with Crippen LogP contribution >= 0.6 is 15.9 Å². The number of rotatable bonds is 5. The van der Waals surface area contributed by atoms with Crippen molar-refractivity contribution in [3.8, 4) is 16.9 Å². The van der Waals surface area contributed by atoms with Gasteiger partial charge in [-0.2, -0.15) is 10.2 Å². The molecule has 30 heavy (non-hydrogen) atoms. The van der Waals surface area contributed by atoms with Crippen LogP contribution in [0.2, 0.25) is 0 Å². The lowest BCUT2D eigenvalue weighted by Gasteiger charge is -2.02. The van der Waals surface area contributed by atoms with Crippen LogP contribution in [0.15, 0.2) is 94.6 Å². The highest BCUT2D eigenvalue weighted by atomic mass is 79.9. The first-order valence-corrected chi connectivity index (χ1v) is 10.2. The number of hydrazone groups is 1. The SMILES string of the molecule is Cc1ccc(-c2nn(-c3ccccc3)cc2/C=N\NC(=O)c2ccccc2Br)cc1. The van der Waals surface area contributed by atoms with Crippen LogP contribution in [0.1, 0.15) is 21.5 Å². The van der Waals surface area contributed by atoms with Gasteiger partial charge in [-0.25, -0.2) is 10.1 Å². The highest BCUT2D eigenvalue weighted by Crippen LogP contribution is 2.23. The van der Waals surface area contributed by atoms with E-state index in [2.05, 4.69) is 26.5 Å². The molecule has 1 amide bonds. The van der Waals surface area contributed by atoms with Gasteiger partial charge in [0.2, 0.25) is 0 Å². The van der Waals surface area contributed by atoms with Crippen molar-refractivity contribution in [1.82, 2.24) is 15.2 Å². The van der Waals surface area contributed by atoms with E-state index in [1.54, 1.807) is 12.3 Å². The number of carbonyl (C=O) groups excluding carboxylic acids is 1. The van der Waals surface area contributed by atoms with Gasteiger partial charge in [-0.1, -0.05) is 60.2 Å². The number of nitrogens with one attached hydrogen (secondary N) is 1. The van der Waals surface area contributed by atoms with Crippen LogP contribution in [0, 0.1) is 6.92 Å². The fourth-order valence-electron chi connectivity index (χ4n) is 3.00. The van der Waals surface area contributed by atoms with Crippen molar-refractivity contribution in [2.24, 2.45) is 5.10 Å². The number of hydrogen-bond acceptors (Lipinski definition) is 3. The zero-order valence-electron chi connectivity index (χ0n) is 16.3. The van der Waals surface area contributed by atoms with Crippen molar-refractivity contribution in [2.45, 2.75) is 6.92 Å². The average molecular weight is 459 g/mol. The van der Waals surface area contributed by atoms with E-state index in [9.17, 15) is 4.79 Å². The van der Waals surface area contributed by atoms with E-state index in [0.29, 0.717) is 5.56 Å². The summed E-state index contributed by atoms with van der Waals surface area (Å²) in [5.74, 6) is -0.286. The Morgan fingerprint density at radius 2 is 1.70 bits per heavy atom. The molecule has 1 aromatic heterocycles. The van der Waals surface area contributed by atoms with E-state index in [1.165, 1.54) is 5.56 Å². The van der Waals surface area contributed by atoms with Crippen molar-refractivity contribution < 1.29 is 4.79 Å². The molecule has 3 aromatic carbocycles. The number of benzene rings is 3. The molecule has 0 atom stereocenters. The summed E-state index contributed by atoms with van der Waals surface area (Å²) in [5.41, 5.74) is 7.81. The van der Waals surface area contributed by atoms with Gasteiger partial charge in [0.1, 0.15) is 5.69 Å². The van der Waals surface area contributed by atoms with Crippen LogP contribution in [-0.4, -0.2) is 21.9 Å². The molecule has 0 aliphatic rings. The lowest BCUT2D eigenvalue weighted by Crippen LogP contribution is -2.18. The topological polar surface area (TPSA) is 59.3 Å². The average Bonchev–Trinajstić information content (AvgIpc) is 3.19. The van der Waals surface area contributed by atoms with Gasteiger partial charge in [0.05, 0.1) is 17.5 Å². The Hall–Kier alpha value is -3.51. The third-order valence-corrected chi connectivity index (χ3v) is 5.27. The lowest BCUT2D eigenvalue weighted by molar-refractivity contribution is 0.0954. The fourth-order valence-corrected chi connectivity index (χ4v) is 3.46. The number of amides is 1.